The predicted octanol–water partition coefficient (Wildman–Crippen LogP) is 1.73. The zero-order valence-corrected chi connectivity index (χ0v) is 10.6. The minimum atomic E-state index is -0.324. The molecule has 1 fully saturated rings. The highest BCUT2D eigenvalue weighted by Gasteiger charge is 2.33. The Balaban J connectivity index is 2.61. The largest absolute Gasteiger partial charge is 0.460 e. The molecule has 0 aliphatic heterocycles. The first kappa shape index (κ1) is 14.0. The molecular weight excluding hydrogens is 220 g/mol. The highest BCUT2D eigenvalue weighted by atomic mass is 16.7. The summed E-state index contributed by atoms with van der Waals surface area (Å²) < 4.78 is 16.0. The molecule has 0 heterocycles. The van der Waals surface area contributed by atoms with Gasteiger partial charge in [-0.05, 0) is 26.2 Å². The number of rotatable bonds is 4. The van der Waals surface area contributed by atoms with Crippen LogP contribution in [0.25, 0.3) is 0 Å². The standard InChI is InChI=1S/C13H20O4/c1-5-11-6-7-12(16-9(2)14)13(8-11)17-10(3)15-4/h1,10-13H,6-8H2,2-4H3. The van der Waals surface area contributed by atoms with E-state index in [4.69, 9.17) is 20.6 Å². The molecule has 1 saturated carbocycles. The van der Waals surface area contributed by atoms with Crippen LogP contribution in [0, 0.1) is 18.3 Å². The lowest BCUT2D eigenvalue weighted by Gasteiger charge is -2.34. The van der Waals surface area contributed by atoms with E-state index in [0.717, 1.165) is 12.8 Å². The van der Waals surface area contributed by atoms with Gasteiger partial charge < -0.3 is 14.2 Å². The molecule has 0 aromatic heterocycles. The SMILES string of the molecule is C#CC1CCC(OC(C)=O)C(OC(C)OC)C1. The zero-order chi connectivity index (χ0) is 12.8. The molecule has 0 bridgehead atoms. The molecule has 1 rings (SSSR count). The molecule has 4 heteroatoms. The summed E-state index contributed by atoms with van der Waals surface area (Å²) in [5.74, 6) is 2.64. The molecule has 0 aromatic rings. The van der Waals surface area contributed by atoms with E-state index in [0.29, 0.717) is 6.42 Å². The average molecular weight is 240 g/mol. The molecule has 0 spiro atoms. The monoisotopic (exact) mass is 240 g/mol. The van der Waals surface area contributed by atoms with Crippen molar-refractivity contribution in [2.75, 3.05) is 7.11 Å². The number of hydrogen-bond donors (Lipinski definition) is 0. The molecule has 4 unspecified atom stereocenters. The summed E-state index contributed by atoms with van der Waals surface area (Å²) in [6.07, 6.45) is 7.04. The van der Waals surface area contributed by atoms with Crippen LogP contribution in [0.2, 0.25) is 0 Å². The molecule has 0 aromatic carbocycles. The third-order valence-electron chi connectivity index (χ3n) is 2.98. The van der Waals surface area contributed by atoms with Crippen LogP contribution in [0.3, 0.4) is 0 Å². The van der Waals surface area contributed by atoms with E-state index in [1.54, 1.807) is 7.11 Å². The maximum absolute atomic E-state index is 11.0. The van der Waals surface area contributed by atoms with Crippen molar-refractivity contribution in [3.05, 3.63) is 0 Å². The van der Waals surface area contributed by atoms with Crippen LogP contribution in [0.1, 0.15) is 33.1 Å². The van der Waals surface area contributed by atoms with Gasteiger partial charge in [0.2, 0.25) is 0 Å². The molecule has 0 saturated heterocycles. The summed E-state index contributed by atoms with van der Waals surface area (Å²) in [5.41, 5.74) is 0. The van der Waals surface area contributed by atoms with Crippen molar-refractivity contribution in [1.82, 2.24) is 0 Å². The van der Waals surface area contributed by atoms with Gasteiger partial charge in [0.05, 0.1) is 6.10 Å². The first-order valence-electron chi connectivity index (χ1n) is 5.88. The Labute approximate surface area is 103 Å². The average Bonchev–Trinajstić information content (AvgIpc) is 2.30. The number of terminal acetylenes is 1. The molecule has 1 aliphatic rings. The fourth-order valence-electron chi connectivity index (χ4n) is 2.05. The first-order valence-corrected chi connectivity index (χ1v) is 5.88. The lowest BCUT2D eigenvalue weighted by Crippen LogP contribution is -2.40. The highest BCUT2D eigenvalue weighted by molar-refractivity contribution is 5.66. The van der Waals surface area contributed by atoms with Gasteiger partial charge in [-0.1, -0.05) is 0 Å². The third-order valence-corrected chi connectivity index (χ3v) is 2.98. The fourth-order valence-corrected chi connectivity index (χ4v) is 2.05. The topological polar surface area (TPSA) is 44.8 Å². The Morgan fingerprint density at radius 2 is 2.12 bits per heavy atom. The summed E-state index contributed by atoms with van der Waals surface area (Å²) in [6.45, 7) is 3.22. The lowest BCUT2D eigenvalue weighted by molar-refractivity contribution is -0.195. The Morgan fingerprint density at radius 3 is 2.65 bits per heavy atom. The van der Waals surface area contributed by atoms with Crippen molar-refractivity contribution in [2.45, 2.75) is 51.6 Å². The highest BCUT2D eigenvalue weighted by Crippen LogP contribution is 2.29. The number of esters is 1. The van der Waals surface area contributed by atoms with Crippen LogP contribution in [0.4, 0.5) is 0 Å². The van der Waals surface area contributed by atoms with E-state index in [9.17, 15) is 4.79 Å². The number of methoxy groups -OCH3 is 1. The number of ether oxygens (including phenoxy) is 3. The Morgan fingerprint density at radius 1 is 1.41 bits per heavy atom. The van der Waals surface area contributed by atoms with Gasteiger partial charge in [-0.3, -0.25) is 4.79 Å². The summed E-state index contributed by atoms with van der Waals surface area (Å²) in [6, 6.07) is 0. The molecule has 4 atom stereocenters. The minimum Gasteiger partial charge on any atom is -0.460 e. The smallest absolute Gasteiger partial charge is 0.302 e. The van der Waals surface area contributed by atoms with E-state index in [-0.39, 0.29) is 30.4 Å². The van der Waals surface area contributed by atoms with Crippen molar-refractivity contribution in [3.8, 4) is 12.3 Å². The second kappa shape index (κ2) is 6.63. The van der Waals surface area contributed by atoms with Crippen LogP contribution in [0.15, 0.2) is 0 Å². The number of carbonyl (C=O) groups excluding carboxylic acids is 1. The van der Waals surface area contributed by atoms with Crippen molar-refractivity contribution in [1.29, 1.82) is 0 Å². The normalized spacial score (nSPS) is 30.4. The van der Waals surface area contributed by atoms with Crippen LogP contribution >= 0.6 is 0 Å². The Hall–Kier alpha value is -1.05. The molecule has 0 N–H and O–H groups in total. The molecule has 17 heavy (non-hydrogen) atoms. The maximum atomic E-state index is 11.0. The van der Waals surface area contributed by atoms with Gasteiger partial charge in [0, 0.05) is 20.0 Å². The number of carbonyl (C=O) groups is 1. The van der Waals surface area contributed by atoms with Crippen molar-refractivity contribution >= 4 is 5.97 Å². The summed E-state index contributed by atoms with van der Waals surface area (Å²) in [4.78, 5) is 11.0. The van der Waals surface area contributed by atoms with Gasteiger partial charge >= 0.3 is 5.97 Å². The van der Waals surface area contributed by atoms with E-state index < -0.39 is 0 Å². The van der Waals surface area contributed by atoms with Gasteiger partial charge in [0.15, 0.2) is 6.29 Å². The van der Waals surface area contributed by atoms with Gasteiger partial charge in [0.1, 0.15) is 6.10 Å². The molecule has 0 amide bonds. The van der Waals surface area contributed by atoms with Crippen LogP contribution in [0.5, 0.6) is 0 Å². The predicted molar refractivity (Wildman–Crippen MR) is 63.1 cm³/mol. The van der Waals surface area contributed by atoms with E-state index in [2.05, 4.69) is 5.92 Å². The van der Waals surface area contributed by atoms with Gasteiger partial charge in [-0.2, -0.15) is 0 Å². The Kier molecular flexibility index (Phi) is 5.46. The van der Waals surface area contributed by atoms with Crippen molar-refractivity contribution in [2.24, 2.45) is 5.92 Å². The van der Waals surface area contributed by atoms with E-state index in [1.165, 1.54) is 6.92 Å². The second-order valence-electron chi connectivity index (χ2n) is 4.30. The summed E-state index contributed by atoms with van der Waals surface area (Å²) in [7, 11) is 1.58. The van der Waals surface area contributed by atoms with Crippen molar-refractivity contribution < 1.29 is 19.0 Å². The molecule has 1 aliphatic carbocycles. The molecule has 4 nitrogen and oxygen atoms in total. The molecule has 96 valence electrons. The van der Waals surface area contributed by atoms with E-state index >= 15 is 0 Å². The minimum absolute atomic E-state index is 0.177. The van der Waals surface area contributed by atoms with Gasteiger partial charge in [-0.25, -0.2) is 0 Å². The summed E-state index contributed by atoms with van der Waals surface area (Å²) in [5, 5.41) is 0. The first-order chi connectivity index (χ1) is 8.06. The van der Waals surface area contributed by atoms with Gasteiger partial charge in [0.25, 0.3) is 0 Å². The van der Waals surface area contributed by atoms with Crippen LogP contribution < -0.4 is 0 Å². The third kappa shape index (κ3) is 4.37. The summed E-state index contributed by atoms with van der Waals surface area (Å²) >= 11 is 0. The second-order valence-corrected chi connectivity index (χ2v) is 4.30. The van der Waals surface area contributed by atoms with Crippen LogP contribution in [-0.2, 0) is 19.0 Å². The van der Waals surface area contributed by atoms with Gasteiger partial charge in [-0.15, -0.1) is 12.3 Å². The van der Waals surface area contributed by atoms with Crippen LogP contribution in [-0.4, -0.2) is 31.6 Å². The quantitative estimate of drug-likeness (QED) is 0.426. The van der Waals surface area contributed by atoms with Crippen molar-refractivity contribution in [3.63, 3.8) is 0 Å². The Bertz CT molecular complexity index is 294. The lowest BCUT2D eigenvalue weighted by atomic mass is 9.85. The molecule has 0 radical (unpaired) electrons. The number of hydrogen-bond acceptors (Lipinski definition) is 4. The maximum Gasteiger partial charge on any atom is 0.302 e. The molecular formula is C13H20O4. The van der Waals surface area contributed by atoms with E-state index in [1.807, 2.05) is 6.92 Å². The zero-order valence-electron chi connectivity index (χ0n) is 10.6. The fraction of sp³-hybridized carbons (Fsp3) is 0.769.